The van der Waals surface area contributed by atoms with Crippen molar-refractivity contribution in [3.05, 3.63) is 46.7 Å². The van der Waals surface area contributed by atoms with Crippen LogP contribution < -0.4 is 5.32 Å². The smallest absolute Gasteiger partial charge is 0.290 e. The average Bonchev–Trinajstić information content (AvgIpc) is 2.83. The minimum atomic E-state index is -0.581. The van der Waals surface area contributed by atoms with Gasteiger partial charge in [-0.15, -0.1) is 0 Å². The molecule has 136 valence electrons. The molecule has 0 unspecified atom stereocenters. The van der Waals surface area contributed by atoms with Crippen LogP contribution in [0.3, 0.4) is 0 Å². The van der Waals surface area contributed by atoms with E-state index < -0.39 is 17.7 Å². The highest BCUT2D eigenvalue weighted by Crippen LogP contribution is 2.37. The van der Waals surface area contributed by atoms with Gasteiger partial charge in [-0.05, 0) is 24.0 Å². The van der Waals surface area contributed by atoms with Crippen molar-refractivity contribution in [3.8, 4) is 0 Å². The molecule has 0 fully saturated rings. The Morgan fingerprint density at radius 3 is 2.40 bits per heavy atom. The molecule has 1 aliphatic rings. The number of hydrogen-bond acceptors (Lipinski definition) is 5. The molecule has 0 aliphatic carbocycles. The normalized spacial score (nSPS) is 17.7. The summed E-state index contributed by atoms with van der Waals surface area (Å²) in [5.41, 5.74) is 2.11. The maximum Gasteiger partial charge on any atom is 0.290 e. The summed E-state index contributed by atoms with van der Waals surface area (Å²) in [6.45, 7) is 6.79. The van der Waals surface area contributed by atoms with E-state index in [0.717, 1.165) is 5.56 Å². The zero-order valence-corrected chi connectivity index (χ0v) is 15.0. The van der Waals surface area contributed by atoms with Crippen molar-refractivity contribution in [2.75, 3.05) is 26.2 Å². The van der Waals surface area contributed by atoms with Crippen LogP contribution in [0.4, 0.5) is 0 Å². The van der Waals surface area contributed by atoms with Gasteiger partial charge in [0.25, 0.3) is 5.91 Å². The minimum Gasteiger partial charge on any atom is -0.503 e. The third kappa shape index (κ3) is 4.08. The number of amides is 1. The summed E-state index contributed by atoms with van der Waals surface area (Å²) < 4.78 is 0. The zero-order valence-electron chi connectivity index (χ0n) is 15.0. The van der Waals surface area contributed by atoms with E-state index in [1.807, 2.05) is 24.3 Å². The number of aliphatic hydroxyl groups excluding tert-OH is 2. The van der Waals surface area contributed by atoms with Gasteiger partial charge < -0.3 is 20.4 Å². The molecule has 1 aromatic rings. The summed E-state index contributed by atoms with van der Waals surface area (Å²) in [5.74, 6) is -0.926. The number of aliphatic hydroxyl groups is 2. The Morgan fingerprint density at radius 2 is 1.88 bits per heavy atom. The first-order valence-electron chi connectivity index (χ1n) is 8.55. The quantitative estimate of drug-likeness (QED) is 0.623. The predicted molar refractivity (Wildman–Crippen MR) is 95.3 cm³/mol. The van der Waals surface area contributed by atoms with Gasteiger partial charge in [0.15, 0.2) is 11.5 Å². The van der Waals surface area contributed by atoms with Crippen molar-refractivity contribution in [2.24, 2.45) is 0 Å². The first-order valence-corrected chi connectivity index (χ1v) is 8.55. The number of nitrogens with one attached hydrogen (secondary N) is 1. The molecule has 0 radical (unpaired) electrons. The van der Waals surface area contributed by atoms with Crippen LogP contribution in [0.5, 0.6) is 0 Å². The maximum absolute atomic E-state index is 12.4. The highest BCUT2D eigenvalue weighted by molar-refractivity contribution is 6.08. The van der Waals surface area contributed by atoms with E-state index in [1.165, 1.54) is 17.4 Å². The number of nitrogens with zero attached hydrogens (tertiary/aromatic N) is 1. The second kappa shape index (κ2) is 8.27. The van der Waals surface area contributed by atoms with Gasteiger partial charge in [-0.25, -0.2) is 0 Å². The first kappa shape index (κ1) is 19.1. The van der Waals surface area contributed by atoms with Crippen LogP contribution in [0.15, 0.2) is 35.6 Å². The largest absolute Gasteiger partial charge is 0.503 e. The Bertz CT molecular complexity index is 665. The fourth-order valence-corrected chi connectivity index (χ4v) is 3.06. The Kier molecular flexibility index (Phi) is 6.33. The highest BCUT2D eigenvalue weighted by Gasteiger charge is 2.41. The molecular weight excluding hydrogens is 320 g/mol. The summed E-state index contributed by atoms with van der Waals surface area (Å²) in [5, 5.41) is 22.0. The molecule has 1 aromatic carbocycles. The van der Waals surface area contributed by atoms with Gasteiger partial charge >= 0.3 is 0 Å². The van der Waals surface area contributed by atoms with Gasteiger partial charge in [0.1, 0.15) is 0 Å². The predicted octanol–water partition coefficient (Wildman–Crippen LogP) is 1.68. The lowest BCUT2D eigenvalue weighted by molar-refractivity contribution is -0.129. The van der Waals surface area contributed by atoms with E-state index in [0.29, 0.717) is 25.6 Å². The van der Waals surface area contributed by atoms with Crippen molar-refractivity contribution in [2.45, 2.75) is 32.7 Å². The van der Waals surface area contributed by atoms with E-state index >= 15 is 0 Å². The summed E-state index contributed by atoms with van der Waals surface area (Å²) >= 11 is 0. The molecule has 25 heavy (non-hydrogen) atoms. The number of rotatable bonds is 8. The molecule has 0 spiro atoms. The van der Waals surface area contributed by atoms with Crippen molar-refractivity contribution in [3.63, 3.8) is 0 Å². The Hall–Kier alpha value is -2.18. The van der Waals surface area contributed by atoms with E-state index in [9.17, 15) is 14.7 Å². The van der Waals surface area contributed by atoms with Crippen LogP contribution in [0, 0.1) is 0 Å². The molecule has 2 rings (SSSR count). The van der Waals surface area contributed by atoms with Crippen molar-refractivity contribution < 1.29 is 19.8 Å². The lowest BCUT2D eigenvalue weighted by atomic mass is 9.94. The number of Topliss-reactive ketones (excluding diaryl/α,β-unsaturated/α-hetero) is 1. The van der Waals surface area contributed by atoms with Gasteiger partial charge in [0.05, 0.1) is 18.2 Å². The fourth-order valence-electron chi connectivity index (χ4n) is 3.06. The molecular formula is C19H26N2O4. The van der Waals surface area contributed by atoms with E-state index in [-0.39, 0.29) is 18.0 Å². The van der Waals surface area contributed by atoms with Crippen LogP contribution in [0.2, 0.25) is 0 Å². The standard InChI is InChI=1S/C19H26N2O4/c1-12(2)14-4-6-15(7-5-14)17-16(13(3)23)18(24)19(25)21(17)10-8-20-9-11-22/h4-7,12,17,20,22,24H,8-11H2,1-3H3/t17-/m1/s1. The summed E-state index contributed by atoms with van der Waals surface area (Å²) in [4.78, 5) is 26.0. The SMILES string of the molecule is CC(=O)C1=C(O)C(=O)N(CCNCCO)[C@@H]1c1ccc(C(C)C)cc1. The third-order valence-electron chi connectivity index (χ3n) is 4.42. The molecule has 3 N–H and O–H groups in total. The van der Waals surface area contributed by atoms with Crippen molar-refractivity contribution in [1.29, 1.82) is 0 Å². The molecule has 1 atom stereocenters. The maximum atomic E-state index is 12.4. The van der Waals surface area contributed by atoms with Crippen LogP contribution in [0.25, 0.3) is 0 Å². The topological polar surface area (TPSA) is 89.9 Å². The number of benzene rings is 1. The molecule has 1 heterocycles. The molecule has 0 aromatic heterocycles. The van der Waals surface area contributed by atoms with Gasteiger partial charge in [-0.2, -0.15) is 0 Å². The molecule has 1 amide bonds. The second-order valence-corrected chi connectivity index (χ2v) is 6.51. The van der Waals surface area contributed by atoms with E-state index in [1.54, 1.807) is 0 Å². The van der Waals surface area contributed by atoms with Crippen LogP contribution in [0.1, 0.15) is 43.9 Å². The fraction of sp³-hybridized carbons (Fsp3) is 0.474. The van der Waals surface area contributed by atoms with Crippen LogP contribution in [-0.4, -0.2) is 53.0 Å². The molecule has 1 aliphatic heterocycles. The van der Waals surface area contributed by atoms with Gasteiger partial charge in [0, 0.05) is 19.6 Å². The lowest BCUT2D eigenvalue weighted by Gasteiger charge is -2.27. The summed E-state index contributed by atoms with van der Waals surface area (Å²) in [7, 11) is 0. The van der Waals surface area contributed by atoms with Crippen LogP contribution >= 0.6 is 0 Å². The molecule has 6 heteroatoms. The van der Waals surface area contributed by atoms with Crippen molar-refractivity contribution in [1.82, 2.24) is 10.2 Å². The third-order valence-corrected chi connectivity index (χ3v) is 4.42. The lowest BCUT2D eigenvalue weighted by Crippen LogP contribution is -2.37. The second-order valence-electron chi connectivity index (χ2n) is 6.51. The summed E-state index contributed by atoms with van der Waals surface area (Å²) in [6.07, 6.45) is 0. The van der Waals surface area contributed by atoms with E-state index in [2.05, 4.69) is 19.2 Å². The number of ketones is 1. The Balaban J connectivity index is 2.32. The van der Waals surface area contributed by atoms with E-state index in [4.69, 9.17) is 5.11 Å². The average molecular weight is 346 g/mol. The number of carbonyl (C=O) groups excluding carboxylic acids is 2. The first-order chi connectivity index (χ1) is 11.9. The Morgan fingerprint density at radius 1 is 1.24 bits per heavy atom. The van der Waals surface area contributed by atoms with Crippen LogP contribution in [-0.2, 0) is 9.59 Å². The molecule has 0 saturated carbocycles. The summed E-state index contributed by atoms with van der Waals surface area (Å²) in [6, 6.07) is 7.20. The zero-order chi connectivity index (χ0) is 18.6. The number of hydrogen-bond donors (Lipinski definition) is 3. The minimum absolute atomic E-state index is 0.0102. The monoisotopic (exact) mass is 346 g/mol. The molecule has 0 bridgehead atoms. The van der Waals surface area contributed by atoms with Crippen molar-refractivity contribution >= 4 is 11.7 Å². The highest BCUT2D eigenvalue weighted by atomic mass is 16.3. The molecule has 6 nitrogen and oxygen atoms in total. The van der Waals surface area contributed by atoms with Gasteiger partial charge in [-0.3, -0.25) is 9.59 Å². The van der Waals surface area contributed by atoms with Gasteiger partial charge in [-0.1, -0.05) is 38.1 Å². The van der Waals surface area contributed by atoms with Gasteiger partial charge in [0.2, 0.25) is 0 Å². The Labute approximate surface area is 148 Å². The number of carbonyl (C=O) groups is 2. The molecule has 0 saturated heterocycles.